The van der Waals surface area contributed by atoms with Gasteiger partial charge in [-0.1, -0.05) is 12.1 Å². The van der Waals surface area contributed by atoms with E-state index in [9.17, 15) is 4.79 Å². The molecule has 1 aromatic heterocycles. The van der Waals surface area contributed by atoms with Crippen molar-refractivity contribution in [1.82, 2.24) is 10.2 Å². The van der Waals surface area contributed by atoms with Crippen molar-refractivity contribution >= 4 is 11.6 Å². The largest absolute Gasteiger partial charge is 0.465 e. The van der Waals surface area contributed by atoms with Crippen LogP contribution in [0, 0.1) is 6.92 Å². The average Bonchev–Trinajstić information content (AvgIpc) is 3.06. The zero-order valence-corrected chi connectivity index (χ0v) is 15.5. The standard InChI is InChI=1S/C20H27N3O3/c1-15-3-8-20(26-15)19(23-9-11-25-12-10-23)14-21-13-17-4-6-18(7-5-17)22-16(2)24/h3-8,19,21H,9-14H2,1-2H3,(H,22,24). The lowest BCUT2D eigenvalue weighted by Crippen LogP contribution is -2.42. The van der Waals surface area contributed by atoms with Crippen molar-refractivity contribution in [3.05, 3.63) is 53.5 Å². The quantitative estimate of drug-likeness (QED) is 0.798. The Morgan fingerprint density at radius 1 is 1.15 bits per heavy atom. The molecule has 0 aliphatic carbocycles. The predicted molar refractivity (Wildman–Crippen MR) is 101 cm³/mol. The summed E-state index contributed by atoms with van der Waals surface area (Å²) in [5.41, 5.74) is 1.99. The Morgan fingerprint density at radius 2 is 1.88 bits per heavy atom. The lowest BCUT2D eigenvalue weighted by molar-refractivity contribution is -0.114. The molecule has 140 valence electrons. The van der Waals surface area contributed by atoms with Crippen molar-refractivity contribution in [3.63, 3.8) is 0 Å². The molecule has 1 aliphatic heterocycles. The molecule has 1 fully saturated rings. The number of anilines is 1. The van der Waals surface area contributed by atoms with E-state index in [4.69, 9.17) is 9.15 Å². The van der Waals surface area contributed by atoms with E-state index in [2.05, 4.69) is 21.6 Å². The van der Waals surface area contributed by atoms with Gasteiger partial charge in [-0.25, -0.2) is 0 Å². The topological polar surface area (TPSA) is 66.7 Å². The monoisotopic (exact) mass is 357 g/mol. The van der Waals surface area contributed by atoms with E-state index in [1.54, 1.807) is 0 Å². The van der Waals surface area contributed by atoms with Gasteiger partial charge in [0.2, 0.25) is 5.91 Å². The van der Waals surface area contributed by atoms with Crippen molar-refractivity contribution < 1.29 is 13.9 Å². The zero-order valence-electron chi connectivity index (χ0n) is 15.5. The van der Waals surface area contributed by atoms with Crippen LogP contribution in [0.25, 0.3) is 0 Å². The Labute approximate surface area is 154 Å². The molecule has 0 spiro atoms. The summed E-state index contributed by atoms with van der Waals surface area (Å²) in [5, 5.41) is 6.32. The minimum atomic E-state index is -0.0574. The average molecular weight is 357 g/mol. The summed E-state index contributed by atoms with van der Waals surface area (Å²) in [4.78, 5) is 13.5. The Kier molecular flexibility index (Phi) is 6.44. The highest BCUT2D eigenvalue weighted by atomic mass is 16.5. The second-order valence-electron chi connectivity index (χ2n) is 6.62. The number of furan rings is 1. The van der Waals surface area contributed by atoms with Crippen molar-refractivity contribution in [3.8, 4) is 0 Å². The minimum Gasteiger partial charge on any atom is -0.465 e. The number of amides is 1. The number of nitrogens with zero attached hydrogens (tertiary/aromatic N) is 1. The lowest BCUT2D eigenvalue weighted by atomic mass is 10.1. The fourth-order valence-corrected chi connectivity index (χ4v) is 3.19. The number of carbonyl (C=O) groups excluding carboxylic acids is 1. The first kappa shape index (κ1) is 18.6. The molecule has 26 heavy (non-hydrogen) atoms. The van der Waals surface area contributed by atoms with Crippen LogP contribution in [0.15, 0.2) is 40.8 Å². The summed E-state index contributed by atoms with van der Waals surface area (Å²) >= 11 is 0. The van der Waals surface area contributed by atoms with Crippen LogP contribution in [0.5, 0.6) is 0 Å². The van der Waals surface area contributed by atoms with E-state index >= 15 is 0 Å². The van der Waals surface area contributed by atoms with E-state index in [1.807, 2.05) is 37.3 Å². The number of aryl methyl sites for hydroxylation is 1. The molecule has 3 rings (SSSR count). The van der Waals surface area contributed by atoms with Crippen molar-refractivity contribution in [2.24, 2.45) is 0 Å². The molecular formula is C20H27N3O3. The third-order valence-electron chi connectivity index (χ3n) is 4.52. The first-order valence-electron chi connectivity index (χ1n) is 9.07. The van der Waals surface area contributed by atoms with Gasteiger partial charge in [-0.15, -0.1) is 0 Å². The van der Waals surface area contributed by atoms with Gasteiger partial charge >= 0.3 is 0 Å². The molecule has 0 bridgehead atoms. The summed E-state index contributed by atoms with van der Waals surface area (Å²) < 4.78 is 11.4. The highest BCUT2D eigenvalue weighted by molar-refractivity contribution is 5.88. The third-order valence-corrected chi connectivity index (χ3v) is 4.52. The summed E-state index contributed by atoms with van der Waals surface area (Å²) in [5.74, 6) is 1.88. The molecule has 1 aliphatic rings. The molecule has 0 saturated carbocycles. The smallest absolute Gasteiger partial charge is 0.221 e. The molecule has 1 saturated heterocycles. The maximum Gasteiger partial charge on any atom is 0.221 e. The molecule has 1 atom stereocenters. The number of carbonyl (C=O) groups is 1. The normalized spacial score (nSPS) is 16.4. The van der Waals surface area contributed by atoms with Crippen LogP contribution >= 0.6 is 0 Å². The maximum atomic E-state index is 11.1. The molecule has 2 N–H and O–H groups in total. The highest BCUT2D eigenvalue weighted by Gasteiger charge is 2.24. The van der Waals surface area contributed by atoms with Gasteiger partial charge < -0.3 is 19.8 Å². The molecule has 1 unspecified atom stereocenters. The van der Waals surface area contributed by atoms with E-state index in [1.165, 1.54) is 12.5 Å². The van der Waals surface area contributed by atoms with Crippen molar-refractivity contribution in [2.45, 2.75) is 26.4 Å². The Bertz CT molecular complexity index is 705. The number of ether oxygens (including phenoxy) is 1. The minimum absolute atomic E-state index is 0.0574. The SMILES string of the molecule is CC(=O)Nc1ccc(CNCC(c2ccc(C)o2)N2CCOCC2)cc1. The van der Waals surface area contributed by atoms with Gasteiger partial charge in [0, 0.05) is 38.8 Å². The predicted octanol–water partition coefficient (Wildman–Crippen LogP) is 2.71. The molecule has 6 nitrogen and oxygen atoms in total. The number of morpholine rings is 1. The molecule has 1 amide bonds. The first-order valence-corrected chi connectivity index (χ1v) is 9.07. The Morgan fingerprint density at radius 3 is 2.50 bits per heavy atom. The number of hydrogen-bond donors (Lipinski definition) is 2. The highest BCUT2D eigenvalue weighted by Crippen LogP contribution is 2.23. The van der Waals surface area contributed by atoms with Gasteiger partial charge in [-0.2, -0.15) is 0 Å². The Balaban J connectivity index is 1.58. The van der Waals surface area contributed by atoms with Crippen LogP contribution in [-0.2, 0) is 16.1 Å². The molecule has 2 heterocycles. The van der Waals surface area contributed by atoms with Gasteiger partial charge in [0.1, 0.15) is 11.5 Å². The number of nitrogens with one attached hydrogen (secondary N) is 2. The van der Waals surface area contributed by atoms with Crippen LogP contribution in [0.4, 0.5) is 5.69 Å². The van der Waals surface area contributed by atoms with Gasteiger partial charge in [0.25, 0.3) is 0 Å². The first-order chi connectivity index (χ1) is 12.6. The van der Waals surface area contributed by atoms with Crippen LogP contribution in [0.2, 0.25) is 0 Å². The van der Waals surface area contributed by atoms with Gasteiger partial charge in [-0.3, -0.25) is 9.69 Å². The van der Waals surface area contributed by atoms with Gasteiger partial charge in [-0.05, 0) is 36.8 Å². The fraction of sp³-hybridized carbons (Fsp3) is 0.450. The van der Waals surface area contributed by atoms with Crippen LogP contribution in [0.1, 0.15) is 30.0 Å². The summed E-state index contributed by atoms with van der Waals surface area (Å²) in [6.45, 7) is 8.42. The summed E-state index contributed by atoms with van der Waals surface area (Å²) in [6, 6.07) is 12.2. The van der Waals surface area contributed by atoms with Crippen molar-refractivity contribution in [1.29, 1.82) is 0 Å². The summed E-state index contributed by atoms with van der Waals surface area (Å²) in [6.07, 6.45) is 0. The number of hydrogen-bond acceptors (Lipinski definition) is 5. The molecule has 2 aromatic rings. The number of benzene rings is 1. The van der Waals surface area contributed by atoms with Crippen LogP contribution in [-0.4, -0.2) is 43.7 Å². The second-order valence-corrected chi connectivity index (χ2v) is 6.62. The third kappa shape index (κ3) is 5.17. The van der Waals surface area contributed by atoms with Gasteiger partial charge in [0.05, 0.1) is 19.3 Å². The van der Waals surface area contributed by atoms with Crippen molar-refractivity contribution in [2.75, 3.05) is 38.2 Å². The van der Waals surface area contributed by atoms with E-state index < -0.39 is 0 Å². The maximum absolute atomic E-state index is 11.1. The molecule has 6 heteroatoms. The molecular weight excluding hydrogens is 330 g/mol. The number of rotatable bonds is 7. The Hall–Kier alpha value is -2.15. The van der Waals surface area contributed by atoms with E-state index in [-0.39, 0.29) is 11.9 Å². The fourth-order valence-electron chi connectivity index (χ4n) is 3.19. The molecule has 1 aromatic carbocycles. The molecule has 0 radical (unpaired) electrons. The van der Waals surface area contributed by atoms with E-state index in [0.29, 0.717) is 0 Å². The van der Waals surface area contributed by atoms with Crippen LogP contribution < -0.4 is 10.6 Å². The van der Waals surface area contributed by atoms with Crippen LogP contribution in [0.3, 0.4) is 0 Å². The lowest BCUT2D eigenvalue weighted by Gasteiger charge is -2.33. The summed E-state index contributed by atoms with van der Waals surface area (Å²) in [7, 11) is 0. The van der Waals surface area contributed by atoms with Gasteiger partial charge in [0.15, 0.2) is 0 Å². The van der Waals surface area contributed by atoms with E-state index in [0.717, 1.165) is 56.6 Å². The second kappa shape index (κ2) is 8.98. The zero-order chi connectivity index (χ0) is 18.4.